The molecule has 0 aliphatic carbocycles. The SMILES string of the molecule is CC(C)(C)OC(=O)N1CCc2[nH]nc(C(=O)N3CCCC3)c2C1. The molecule has 1 N–H and O–H groups in total. The number of carbonyl (C=O) groups excluding carboxylic acids is 2. The summed E-state index contributed by atoms with van der Waals surface area (Å²) in [5.41, 5.74) is 1.71. The second kappa shape index (κ2) is 5.86. The van der Waals surface area contributed by atoms with Gasteiger partial charge in [0.05, 0.1) is 6.54 Å². The maximum atomic E-state index is 12.6. The standard InChI is InChI=1S/C16H24N4O3/c1-16(2,3)23-15(22)20-9-6-12-11(10-20)13(18-17-12)14(21)19-7-4-5-8-19/h4-10H2,1-3H3,(H,17,18). The summed E-state index contributed by atoms with van der Waals surface area (Å²) in [6.07, 6.45) is 2.41. The van der Waals surface area contributed by atoms with Crippen molar-refractivity contribution < 1.29 is 14.3 Å². The van der Waals surface area contributed by atoms with Gasteiger partial charge in [-0.15, -0.1) is 0 Å². The largest absolute Gasteiger partial charge is 0.444 e. The fourth-order valence-electron chi connectivity index (χ4n) is 3.02. The van der Waals surface area contributed by atoms with E-state index in [9.17, 15) is 9.59 Å². The first-order chi connectivity index (χ1) is 10.8. The van der Waals surface area contributed by atoms with Gasteiger partial charge in [0.25, 0.3) is 5.91 Å². The van der Waals surface area contributed by atoms with Crippen molar-refractivity contribution in [3.63, 3.8) is 0 Å². The van der Waals surface area contributed by atoms with E-state index in [1.165, 1.54) is 0 Å². The van der Waals surface area contributed by atoms with Crippen LogP contribution in [0.2, 0.25) is 0 Å². The molecule has 23 heavy (non-hydrogen) atoms. The number of rotatable bonds is 1. The number of hydrogen-bond acceptors (Lipinski definition) is 4. The predicted octanol–water partition coefficient (Wildman–Crippen LogP) is 1.94. The fraction of sp³-hybridized carbons (Fsp3) is 0.688. The van der Waals surface area contributed by atoms with Crippen LogP contribution in [0.5, 0.6) is 0 Å². The monoisotopic (exact) mass is 320 g/mol. The Hall–Kier alpha value is -2.05. The molecule has 3 heterocycles. The lowest BCUT2D eigenvalue weighted by Crippen LogP contribution is -2.40. The number of nitrogens with one attached hydrogen (secondary N) is 1. The van der Waals surface area contributed by atoms with Gasteiger partial charge in [0.2, 0.25) is 0 Å². The summed E-state index contributed by atoms with van der Waals surface area (Å²) >= 11 is 0. The predicted molar refractivity (Wildman–Crippen MR) is 84.1 cm³/mol. The molecule has 2 aliphatic rings. The van der Waals surface area contributed by atoms with Crippen molar-refractivity contribution in [3.05, 3.63) is 17.0 Å². The molecule has 2 amide bonds. The first-order valence-electron chi connectivity index (χ1n) is 8.18. The minimum Gasteiger partial charge on any atom is -0.444 e. The molecule has 3 rings (SSSR count). The number of hydrogen-bond donors (Lipinski definition) is 1. The molecule has 2 aliphatic heterocycles. The van der Waals surface area contributed by atoms with Crippen LogP contribution in [0.1, 0.15) is 55.4 Å². The molecule has 0 radical (unpaired) electrons. The highest BCUT2D eigenvalue weighted by Crippen LogP contribution is 2.24. The number of likely N-dealkylation sites (tertiary alicyclic amines) is 1. The summed E-state index contributed by atoms with van der Waals surface area (Å²) in [7, 11) is 0. The summed E-state index contributed by atoms with van der Waals surface area (Å²) in [4.78, 5) is 28.3. The normalized spacial score (nSPS) is 18.0. The van der Waals surface area contributed by atoms with Crippen LogP contribution in [-0.4, -0.2) is 57.2 Å². The van der Waals surface area contributed by atoms with Crippen LogP contribution in [0.25, 0.3) is 0 Å². The smallest absolute Gasteiger partial charge is 0.410 e. The molecule has 7 nitrogen and oxygen atoms in total. The molecule has 1 saturated heterocycles. The number of fused-ring (bicyclic) bond motifs is 1. The second-order valence-electron chi connectivity index (χ2n) is 7.18. The number of aromatic nitrogens is 2. The van der Waals surface area contributed by atoms with Gasteiger partial charge in [0.15, 0.2) is 5.69 Å². The van der Waals surface area contributed by atoms with Crippen molar-refractivity contribution in [1.29, 1.82) is 0 Å². The van der Waals surface area contributed by atoms with Gasteiger partial charge in [-0.1, -0.05) is 0 Å². The van der Waals surface area contributed by atoms with Gasteiger partial charge < -0.3 is 14.5 Å². The van der Waals surface area contributed by atoms with Crippen molar-refractivity contribution in [3.8, 4) is 0 Å². The summed E-state index contributed by atoms with van der Waals surface area (Å²) in [6.45, 7) is 8.06. The van der Waals surface area contributed by atoms with E-state index in [-0.39, 0.29) is 12.0 Å². The third-order valence-corrected chi connectivity index (χ3v) is 4.18. The van der Waals surface area contributed by atoms with E-state index >= 15 is 0 Å². The van der Waals surface area contributed by atoms with Gasteiger partial charge in [-0.3, -0.25) is 9.89 Å². The minimum absolute atomic E-state index is 0.0361. The molecule has 0 bridgehead atoms. The highest BCUT2D eigenvalue weighted by molar-refractivity contribution is 5.94. The van der Waals surface area contributed by atoms with Crippen molar-refractivity contribution in [1.82, 2.24) is 20.0 Å². The van der Waals surface area contributed by atoms with E-state index in [4.69, 9.17) is 4.74 Å². The quantitative estimate of drug-likeness (QED) is 0.857. The van der Waals surface area contributed by atoms with Crippen molar-refractivity contribution in [2.75, 3.05) is 19.6 Å². The molecule has 1 aromatic heterocycles. The van der Waals surface area contributed by atoms with Crippen LogP contribution in [0.3, 0.4) is 0 Å². The average molecular weight is 320 g/mol. The number of aromatic amines is 1. The topological polar surface area (TPSA) is 78.5 Å². The lowest BCUT2D eigenvalue weighted by Gasteiger charge is -2.30. The lowest BCUT2D eigenvalue weighted by molar-refractivity contribution is 0.0222. The maximum Gasteiger partial charge on any atom is 0.410 e. The molecule has 1 aromatic rings. The Kier molecular flexibility index (Phi) is 4.04. The van der Waals surface area contributed by atoms with Gasteiger partial charge in [-0.2, -0.15) is 5.10 Å². The van der Waals surface area contributed by atoms with Crippen molar-refractivity contribution in [2.24, 2.45) is 0 Å². The van der Waals surface area contributed by atoms with Crippen LogP contribution in [0, 0.1) is 0 Å². The van der Waals surface area contributed by atoms with E-state index in [2.05, 4.69) is 10.2 Å². The molecule has 0 spiro atoms. The van der Waals surface area contributed by atoms with E-state index in [1.807, 2.05) is 25.7 Å². The molecular formula is C16H24N4O3. The van der Waals surface area contributed by atoms with E-state index < -0.39 is 5.60 Å². The van der Waals surface area contributed by atoms with Gasteiger partial charge in [0, 0.05) is 37.3 Å². The summed E-state index contributed by atoms with van der Waals surface area (Å²) < 4.78 is 5.43. The highest BCUT2D eigenvalue weighted by Gasteiger charge is 2.32. The number of nitrogens with zero attached hydrogens (tertiary/aromatic N) is 3. The number of amides is 2. The highest BCUT2D eigenvalue weighted by atomic mass is 16.6. The maximum absolute atomic E-state index is 12.6. The summed E-state index contributed by atoms with van der Waals surface area (Å²) in [6, 6.07) is 0. The molecule has 0 aromatic carbocycles. The summed E-state index contributed by atoms with van der Waals surface area (Å²) in [5, 5.41) is 7.18. The first kappa shape index (κ1) is 15.8. The van der Waals surface area contributed by atoms with Crippen molar-refractivity contribution in [2.45, 2.75) is 52.2 Å². The Morgan fingerprint density at radius 1 is 1.13 bits per heavy atom. The van der Waals surface area contributed by atoms with Crippen molar-refractivity contribution >= 4 is 12.0 Å². The van der Waals surface area contributed by atoms with Crippen LogP contribution in [0.4, 0.5) is 4.79 Å². The number of carbonyl (C=O) groups is 2. The zero-order chi connectivity index (χ0) is 16.6. The minimum atomic E-state index is -0.526. The Morgan fingerprint density at radius 3 is 2.48 bits per heavy atom. The molecule has 1 fully saturated rings. The van der Waals surface area contributed by atoms with Crippen LogP contribution >= 0.6 is 0 Å². The Balaban J connectivity index is 1.76. The Bertz CT molecular complexity index is 611. The van der Waals surface area contributed by atoms with E-state index in [0.29, 0.717) is 25.2 Å². The third-order valence-electron chi connectivity index (χ3n) is 4.18. The number of ether oxygens (including phenoxy) is 1. The van der Waals surface area contributed by atoms with Gasteiger partial charge >= 0.3 is 6.09 Å². The van der Waals surface area contributed by atoms with E-state index in [1.54, 1.807) is 4.90 Å². The van der Waals surface area contributed by atoms with Gasteiger partial charge in [0.1, 0.15) is 5.60 Å². The van der Waals surface area contributed by atoms with E-state index in [0.717, 1.165) is 37.2 Å². The van der Waals surface area contributed by atoms with Gasteiger partial charge in [-0.25, -0.2) is 4.79 Å². The second-order valence-corrected chi connectivity index (χ2v) is 7.18. The van der Waals surface area contributed by atoms with Crippen LogP contribution in [0.15, 0.2) is 0 Å². The summed E-state index contributed by atoms with van der Waals surface area (Å²) in [5.74, 6) is -0.0361. The molecular weight excluding hydrogens is 296 g/mol. The molecule has 126 valence electrons. The van der Waals surface area contributed by atoms with Gasteiger partial charge in [-0.05, 0) is 33.6 Å². The Labute approximate surface area is 136 Å². The zero-order valence-corrected chi connectivity index (χ0v) is 14.0. The number of H-pyrrole nitrogens is 1. The molecule has 0 saturated carbocycles. The Morgan fingerprint density at radius 2 is 1.83 bits per heavy atom. The van der Waals surface area contributed by atoms with Crippen LogP contribution in [-0.2, 0) is 17.7 Å². The first-order valence-corrected chi connectivity index (χ1v) is 8.18. The molecule has 0 unspecified atom stereocenters. The molecule has 0 atom stereocenters. The fourth-order valence-corrected chi connectivity index (χ4v) is 3.02. The third kappa shape index (κ3) is 3.33. The zero-order valence-electron chi connectivity index (χ0n) is 14.0. The molecule has 7 heteroatoms. The average Bonchev–Trinajstić information content (AvgIpc) is 3.13. The lowest BCUT2D eigenvalue weighted by atomic mass is 10.1. The van der Waals surface area contributed by atoms with Crippen LogP contribution < -0.4 is 0 Å².